The number of carbonyl (C=O) groups excluding carboxylic acids is 1. The van der Waals surface area contributed by atoms with Crippen LogP contribution in [0.3, 0.4) is 0 Å². The van der Waals surface area contributed by atoms with Crippen LogP contribution in [0, 0.1) is 13.8 Å². The number of amides is 1. The molecule has 0 bridgehead atoms. The van der Waals surface area contributed by atoms with Gasteiger partial charge >= 0.3 is 0 Å². The van der Waals surface area contributed by atoms with Gasteiger partial charge < -0.3 is 20.1 Å². The van der Waals surface area contributed by atoms with Gasteiger partial charge in [-0.1, -0.05) is 25.1 Å². The van der Waals surface area contributed by atoms with Crippen molar-refractivity contribution in [3.63, 3.8) is 0 Å². The van der Waals surface area contributed by atoms with E-state index in [9.17, 15) is 4.79 Å². The minimum Gasteiger partial charge on any atom is -0.369 e. The first-order chi connectivity index (χ1) is 14.0. The van der Waals surface area contributed by atoms with E-state index in [0.717, 1.165) is 66.1 Å². The van der Waals surface area contributed by atoms with Crippen molar-refractivity contribution in [2.45, 2.75) is 27.2 Å². The standard InChI is InChI=1S/C24H30N4O/c1-4-27-11-13-28(14-12-27)19-9-10-22(17(2)15-19)26-24(29)16-21-18(3)25-23-8-6-5-7-20(21)23/h5-10,15,25H,4,11-14,16H2,1-3H3,(H,26,29). The van der Waals surface area contributed by atoms with E-state index < -0.39 is 0 Å². The highest BCUT2D eigenvalue weighted by atomic mass is 16.1. The molecular formula is C24H30N4O. The molecule has 2 aromatic carbocycles. The first-order valence-electron chi connectivity index (χ1n) is 10.5. The minimum absolute atomic E-state index is 0.0188. The van der Waals surface area contributed by atoms with Crippen molar-refractivity contribution in [1.29, 1.82) is 0 Å². The fourth-order valence-electron chi connectivity index (χ4n) is 4.22. The quantitative estimate of drug-likeness (QED) is 0.689. The fraction of sp³-hybridized carbons (Fsp3) is 0.375. The second-order valence-electron chi connectivity index (χ2n) is 7.92. The topological polar surface area (TPSA) is 51.4 Å². The first kappa shape index (κ1) is 19.5. The number of aromatic amines is 1. The van der Waals surface area contributed by atoms with E-state index in [4.69, 9.17) is 0 Å². The number of benzene rings is 2. The van der Waals surface area contributed by atoms with Crippen LogP contribution in [0.5, 0.6) is 0 Å². The van der Waals surface area contributed by atoms with E-state index in [1.165, 1.54) is 5.69 Å². The Bertz CT molecular complexity index is 1010. The zero-order valence-electron chi connectivity index (χ0n) is 17.6. The Balaban J connectivity index is 1.44. The van der Waals surface area contributed by atoms with E-state index in [2.05, 4.69) is 52.1 Å². The number of fused-ring (bicyclic) bond motifs is 1. The number of nitrogens with zero attached hydrogens (tertiary/aromatic N) is 2. The second-order valence-corrected chi connectivity index (χ2v) is 7.92. The summed E-state index contributed by atoms with van der Waals surface area (Å²) in [5, 5.41) is 4.23. The second kappa shape index (κ2) is 8.29. The lowest BCUT2D eigenvalue weighted by molar-refractivity contribution is -0.115. The molecule has 5 nitrogen and oxygen atoms in total. The minimum atomic E-state index is 0.0188. The molecule has 1 fully saturated rings. The summed E-state index contributed by atoms with van der Waals surface area (Å²) in [4.78, 5) is 21.0. The normalized spacial score (nSPS) is 15.1. The van der Waals surface area contributed by atoms with Crippen LogP contribution in [-0.2, 0) is 11.2 Å². The maximum Gasteiger partial charge on any atom is 0.228 e. The van der Waals surface area contributed by atoms with Crippen molar-refractivity contribution in [2.24, 2.45) is 0 Å². The van der Waals surface area contributed by atoms with Crippen LogP contribution in [0.15, 0.2) is 42.5 Å². The van der Waals surface area contributed by atoms with E-state index in [1.54, 1.807) is 0 Å². The molecule has 5 heteroatoms. The molecular weight excluding hydrogens is 360 g/mol. The Kier molecular flexibility index (Phi) is 5.58. The Morgan fingerprint density at radius 3 is 2.55 bits per heavy atom. The van der Waals surface area contributed by atoms with Crippen LogP contribution in [0.1, 0.15) is 23.7 Å². The molecule has 4 rings (SSSR count). The molecule has 0 radical (unpaired) electrons. The summed E-state index contributed by atoms with van der Waals surface area (Å²) in [7, 11) is 0. The predicted octanol–water partition coefficient (Wildman–Crippen LogP) is 4.11. The van der Waals surface area contributed by atoms with Crippen LogP contribution < -0.4 is 10.2 Å². The Hall–Kier alpha value is -2.79. The maximum atomic E-state index is 12.7. The first-order valence-corrected chi connectivity index (χ1v) is 10.5. The Morgan fingerprint density at radius 2 is 1.83 bits per heavy atom. The van der Waals surface area contributed by atoms with Crippen molar-refractivity contribution >= 4 is 28.2 Å². The molecule has 2 N–H and O–H groups in total. The summed E-state index contributed by atoms with van der Waals surface area (Å²) < 4.78 is 0. The van der Waals surface area contributed by atoms with E-state index in [1.807, 2.05) is 31.2 Å². The number of piperazine rings is 1. The third-order valence-electron chi connectivity index (χ3n) is 6.03. The van der Waals surface area contributed by atoms with Gasteiger partial charge in [0.2, 0.25) is 5.91 Å². The number of hydrogen-bond acceptors (Lipinski definition) is 3. The molecule has 152 valence electrons. The van der Waals surface area contributed by atoms with Crippen LogP contribution in [0.4, 0.5) is 11.4 Å². The highest BCUT2D eigenvalue weighted by Crippen LogP contribution is 2.25. The van der Waals surface area contributed by atoms with Gasteiger partial charge in [-0.3, -0.25) is 4.79 Å². The lowest BCUT2D eigenvalue weighted by atomic mass is 10.1. The van der Waals surface area contributed by atoms with Crippen molar-refractivity contribution in [1.82, 2.24) is 9.88 Å². The summed E-state index contributed by atoms with van der Waals surface area (Å²) in [6.45, 7) is 11.8. The zero-order chi connectivity index (χ0) is 20.4. The van der Waals surface area contributed by atoms with Gasteiger partial charge in [-0.25, -0.2) is 0 Å². The smallest absolute Gasteiger partial charge is 0.228 e. The molecule has 0 saturated carbocycles. The average Bonchev–Trinajstić information content (AvgIpc) is 3.05. The molecule has 0 unspecified atom stereocenters. The zero-order valence-corrected chi connectivity index (χ0v) is 17.6. The van der Waals surface area contributed by atoms with Crippen molar-refractivity contribution in [3.8, 4) is 0 Å². The molecule has 1 aromatic heterocycles. The van der Waals surface area contributed by atoms with Crippen LogP contribution >= 0.6 is 0 Å². The summed E-state index contributed by atoms with van der Waals surface area (Å²) in [5.74, 6) is 0.0188. The monoisotopic (exact) mass is 390 g/mol. The number of nitrogens with one attached hydrogen (secondary N) is 2. The summed E-state index contributed by atoms with van der Waals surface area (Å²) >= 11 is 0. The Labute approximate surface area is 172 Å². The highest BCUT2D eigenvalue weighted by molar-refractivity contribution is 5.97. The van der Waals surface area contributed by atoms with Gasteiger partial charge in [0.15, 0.2) is 0 Å². The number of hydrogen-bond donors (Lipinski definition) is 2. The summed E-state index contributed by atoms with van der Waals surface area (Å²) in [6, 6.07) is 14.5. The van der Waals surface area contributed by atoms with Gasteiger partial charge in [-0.15, -0.1) is 0 Å². The number of rotatable bonds is 5. The molecule has 2 heterocycles. The maximum absolute atomic E-state index is 12.7. The van der Waals surface area contributed by atoms with Gasteiger partial charge in [0.1, 0.15) is 0 Å². The number of anilines is 2. The van der Waals surface area contributed by atoms with Crippen LogP contribution in [0.2, 0.25) is 0 Å². The molecule has 0 spiro atoms. The molecule has 29 heavy (non-hydrogen) atoms. The van der Waals surface area contributed by atoms with E-state index in [-0.39, 0.29) is 5.91 Å². The highest BCUT2D eigenvalue weighted by Gasteiger charge is 2.17. The number of carbonyl (C=O) groups is 1. The SMILES string of the molecule is CCN1CCN(c2ccc(NC(=O)Cc3c(C)[nH]c4ccccc34)c(C)c2)CC1. The lowest BCUT2D eigenvalue weighted by Crippen LogP contribution is -2.46. The fourth-order valence-corrected chi connectivity index (χ4v) is 4.22. The number of H-pyrrole nitrogens is 1. The third-order valence-corrected chi connectivity index (χ3v) is 6.03. The van der Waals surface area contributed by atoms with Crippen LogP contribution in [-0.4, -0.2) is 48.5 Å². The van der Waals surface area contributed by atoms with E-state index in [0.29, 0.717) is 6.42 Å². The van der Waals surface area contributed by atoms with Gasteiger partial charge in [0.25, 0.3) is 0 Å². The summed E-state index contributed by atoms with van der Waals surface area (Å²) in [6.07, 6.45) is 0.371. The van der Waals surface area contributed by atoms with Gasteiger partial charge in [0.05, 0.1) is 6.42 Å². The number of para-hydroxylation sites is 1. The number of aryl methyl sites for hydroxylation is 2. The van der Waals surface area contributed by atoms with Gasteiger partial charge in [-0.2, -0.15) is 0 Å². The molecule has 1 aliphatic heterocycles. The molecule has 3 aromatic rings. The van der Waals surface area contributed by atoms with Crippen molar-refractivity contribution < 1.29 is 4.79 Å². The Morgan fingerprint density at radius 1 is 1.07 bits per heavy atom. The average molecular weight is 391 g/mol. The molecule has 1 aliphatic rings. The number of likely N-dealkylation sites (N-methyl/N-ethyl adjacent to an activating group) is 1. The number of aromatic nitrogens is 1. The third kappa shape index (κ3) is 4.15. The largest absolute Gasteiger partial charge is 0.369 e. The van der Waals surface area contributed by atoms with Crippen molar-refractivity contribution in [2.75, 3.05) is 42.9 Å². The van der Waals surface area contributed by atoms with Crippen LogP contribution in [0.25, 0.3) is 10.9 Å². The summed E-state index contributed by atoms with van der Waals surface area (Å²) in [5.41, 5.74) is 6.44. The molecule has 0 atom stereocenters. The molecule has 1 amide bonds. The molecule has 0 aliphatic carbocycles. The lowest BCUT2D eigenvalue weighted by Gasteiger charge is -2.35. The van der Waals surface area contributed by atoms with Crippen molar-refractivity contribution in [3.05, 3.63) is 59.3 Å². The van der Waals surface area contributed by atoms with Gasteiger partial charge in [0, 0.05) is 54.2 Å². The van der Waals surface area contributed by atoms with E-state index >= 15 is 0 Å². The predicted molar refractivity (Wildman–Crippen MR) is 121 cm³/mol. The van der Waals surface area contributed by atoms with Gasteiger partial charge in [-0.05, 0) is 55.8 Å². The molecule has 1 saturated heterocycles.